The van der Waals surface area contributed by atoms with Crippen LogP contribution in [0.4, 0.5) is 0 Å². The van der Waals surface area contributed by atoms with E-state index in [2.05, 4.69) is 15.4 Å². The van der Waals surface area contributed by atoms with Gasteiger partial charge in [-0.1, -0.05) is 17.7 Å². The highest BCUT2D eigenvalue weighted by molar-refractivity contribution is 6.35. The Morgan fingerprint density at radius 2 is 1.90 bits per heavy atom. The molecule has 3 heterocycles. The number of carbonyl (C=O) groups excluding carboxylic acids is 2. The number of nitrogens with zero attached hydrogens (tertiary/aromatic N) is 4. The van der Waals surface area contributed by atoms with Gasteiger partial charge in [-0.15, -0.1) is 0 Å². The molecule has 2 amide bonds. The van der Waals surface area contributed by atoms with Gasteiger partial charge in [0.05, 0.1) is 16.1 Å². The number of halogens is 1. The number of pyridine rings is 1. The van der Waals surface area contributed by atoms with Crippen molar-refractivity contribution in [2.24, 2.45) is 5.41 Å². The molecule has 1 atom stereocenters. The van der Waals surface area contributed by atoms with Gasteiger partial charge in [0, 0.05) is 30.9 Å². The van der Waals surface area contributed by atoms with Crippen LogP contribution in [-0.4, -0.2) is 50.6 Å². The normalized spacial score (nSPS) is 18.2. The van der Waals surface area contributed by atoms with Gasteiger partial charge in [0.2, 0.25) is 5.91 Å². The van der Waals surface area contributed by atoms with Gasteiger partial charge >= 0.3 is 0 Å². The first kappa shape index (κ1) is 20.0. The van der Waals surface area contributed by atoms with Gasteiger partial charge < -0.3 is 10.2 Å². The maximum absolute atomic E-state index is 12.7. The molecule has 1 spiro atoms. The predicted octanol–water partition coefficient (Wildman–Crippen LogP) is 3.59. The third-order valence-corrected chi connectivity index (χ3v) is 6.88. The summed E-state index contributed by atoms with van der Waals surface area (Å²) < 4.78 is 1.63. The number of rotatable bonds is 4. The molecule has 8 heteroatoms. The van der Waals surface area contributed by atoms with Crippen molar-refractivity contribution in [1.82, 2.24) is 25.0 Å². The minimum atomic E-state index is -0.570. The van der Waals surface area contributed by atoms with E-state index in [-0.39, 0.29) is 11.8 Å². The molecule has 0 unspecified atom stereocenters. The Morgan fingerprint density at radius 3 is 2.55 bits per heavy atom. The van der Waals surface area contributed by atoms with Gasteiger partial charge in [-0.3, -0.25) is 9.59 Å². The van der Waals surface area contributed by atoms with E-state index in [0.717, 1.165) is 36.8 Å². The monoisotopic (exact) mass is 437 g/mol. The van der Waals surface area contributed by atoms with Crippen LogP contribution in [0.3, 0.4) is 0 Å². The van der Waals surface area contributed by atoms with Crippen molar-refractivity contribution in [3.05, 3.63) is 53.3 Å². The highest BCUT2D eigenvalue weighted by Crippen LogP contribution is 2.53. The van der Waals surface area contributed by atoms with Crippen LogP contribution in [0.2, 0.25) is 5.02 Å². The number of nitrogens with one attached hydrogen (secondary N) is 1. The Kier molecular flexibility index (Phi) is 4.93. The van der Waals surface area contributed by atoms with E-state index < -0.39 is 6.04 Å². The van der Waals surface area contributed by atoms with E-state index >= 15 is 0 Å². The summed E-state index contributed by atoms with van der Waals surface area (Å²) in [6, 6.07) is 8.37. The molecule has 1 saturated carbocycles. The third-order valence-electron chi connectivity index (χ3n) is 6.55. The Morgan fingerprint density at radius 1 is 1.13 bits per heavy atom. The van der Waals surface area contributed by atoms with Crippen molar-refractivity contribution >= 4 is 34.3 Å². The summed E-state index contributed by atoms with van der Waals surface area (Å²) in [4.78, 5) is 31.6. The SMILES string of the molecule is C[C@@H](NC(=O)c1ccc(-n2cc3c(Cl)cccc3n2)nc1)C(=O)N1CCC2(CC1)CC2. The molecule has 0 radical (unpaired) electrons. The maximum Gasteiger partial charge on any atom is 0.253 e. The lowest BCUT2D eigenvalue weighted by atomic mass is 9.93. The largest absolute Gasteiger partial charge is 0.341 e. The minimum Gasteiger partial charge on any atom is -0.341 e. The van der Waals surface area contributed by atoms with Crippen LogP contribution in [-0.2, 0) is 4.79 Å². The van der Waals surface area contributed by atoms with Crippen LogP contribution in [0.1, 0.15) is 43.0 Å². The number of hydrogen-bond acceptors (Lipinski definition) is 4. The molecule has 1 aliphatic carbocycles. The number of fused-ring (bicyclic) bond motifs is 1. The lowest BCUT2D eigenvalue weighted by Crippen LogP contribution is -2.49. The standard InChI is InChI=1S/C23H24ClN5O2/c1-15(22(31)28-11-9-23(7-8-23)10-12-28)26-21(30)16-5-6-20(25-13-16)29-14-17-18(24)3-2-4-19(17)27-29/h2-6,13-15H,7-12H2,1H3,(H,26,30)/t15-/m1/s1. The minimum absolute atomic E-state index is 0.0199. The van der Waals surface area contributed by atoms with E-state index in [9.17, 15) is 9.59 Å². The number of likely N-dealkylation sites (tertiary alicyclic amines) is 1. The number of carbonyl (C=O) groups is 2. The summed E-state index contributed by atoms with van der Waals surface area (Å²) >= 11 is 6.21. The van der Waals surface area contributed by atoms with Crippen LogP contribution in [0.15, 0.2) is 42.7 Å². The van der Waals surface area contributed by atoms with Gasteiger partial charge in [-0.25, -0.2) is 9.67 Å². The fraction of sp³-hybridized carbons (Fsp3) is 0.391. The molecule has 1 saturated heterocycles. The van der Waals surface area contributed by atoms with Crippen molar-refractivity contribution in [3.63, 3.8) is 0 Å². The van der Waals surface area contributed by atoms with Gasteiger partial charge in [-0.05, 0) is 62.3 Å². The van der Waals surface area contributed by atoms with Gasteiger partial charge in [0.1, 0.15) is 6.04 Å². The Labute approximate surface area is 185 Å². The lowest BCUT2D eigenvalue weighted by Gasteiger charge is -2.33. The molecule has 0 bridgehead atoms. The number of benzene rings is 1. The molecular weight excluding hydrogens is 414 g/mol. The Bertz CT molecular complexity index is 1140. The second kappa shape index (κ2) is 7.64. The number of hydrogen-bond donors (Lipinski definition) is 1. The van der Waals surface area contributed by atoms with Gasteiger partial charge in [0.25, 0.3) is 5.91 Å². The van der Waals surface area contributed by atoms with Crippen molar-refractivity contribution in [2.45, 2.75) is 38.6 Å². The van der Waals surface area contributed by atoms with E-state index in [4.69, 9.17) is 11.6 Å². The average Bonchev–Trinajstić information content (AvgIpc) is 3.38. The van der Waals surface area contributed by atoms with Crippen LogP contribution in [0.5, 0.6) is 0 Å². The summed E-state index contributed by atoms with van der Waals surface area (Å²) in [5, 5.41) is 8.75. The first-order valence-corrected chi connectivity index (χ1v) is 11.0. The van der Waals surface area contributed by atoms with Crippen molar-refractivity contribution in [3.8, 4) is 5.82 Å². The lowest BCUT2D eigenvalue weighted by molar-refractivity contribution is -0.134. The topological polar surface area (TPSA) is 80.1 Å². The smallest absolute Gasteiger partial charge is 0.253 e. The summed E-state index contributed by atoms with van der Waals surface area (Å²) in [6.45, 7) is 3.32. The zero-order chi connectivity index (χ0) is 21.6. The van der Waals surface area contributed by atoms with E-state index in [0.29, 0.717) is 21.8 Å². The molecule has 5 rings (SSSR count). The van der Waals surface area contributed by atoms with Crippen LogP contribution in [0.25, 0.3) is 16.7 Å². The Balaban J connectivity index is 1.23. The summed E-state index contributed by atoms with van der Waals surface area (Å²) in [5.74, 6) is 0.244. The Hall–Kier alpha value is -2.93. The first-order valence-electron chi connectivity index (χ1n) is 10.6. The molecule has 2 aromatic heterocycles. The molecular formula is C23H24ClN5O2. The average molecular weight is 438 g/mol. The molecule has 2 fully saturated rings. The molecule has 1 aromatic carbocycles. The van der Waals surface area contributed by atoms with Gasteiger partial charge in [-0.2, -0.15) is 5.10 Å². The van der Waals surface area contributed by atoms with Gasteiger partial charge in [0.15, 0.2) is 5.82 Å². The summed E-state index contributed by atoms with van der Waals surface area (Å²) in [6.07, 6.45) is 8.06. The number of aromatic nitrogens is 3. The van der Waals surface area contributed by atoms with E-state index in [1.807, 2.05) is 29.3 Å². The molecule has 7 nitrogen and oxygen atoms in total. The number of piperidine rings is 1. The second-order valence-corrected chi connectivity index (χ2v) is 9.08. The highest BCUT2D eigenvalue weighted by atomic mass is 35.5. The zero-order valence-electron chi connectivity index (χ0n) is 17.3. The van der Waals surface area contributed by atoms with Crippen molar-refractivity contribution in [2.75, 3.05) is 13.1 Å². The molecule has 2 aliphatic rings. The molecule has 1 N–H and O–H groups in total. The predicted molar refractivity (Wildman–Crippen MR) is 118 cm³/mol. The fourth-order valence-corrected chi connectivity index (χ4v) is 4.49. The first-order chi connectivity index (χ1) is 14.9. The maximum atomic E-state index is 12.7. The number of amides is 2. The van der Waals surface area contributed by atoms with Crippen LogP contribution in [0, 0.1) is 5.41 Å². The van der Waals surface area contributed by atoms with Crippen molar-refractivity contribution in [1.29, 1.82) is 0 Å². The summed E-state index contributed by atoms with van der Waals surface area (Å²) in [7, 11) is 0. The van der Waals surface area contributed by atoms with Crippen LogP contribution >= 0.6 is 11.6 Å². The molecule has 160 valence electrons. The third kappa shape index (κ3) is 3.90. The van der Waals surface area contributed by atoms with Crippen molar-refractivity contribution < 1.29 is 9.59 Å². The quantitative estimate of drug-likeness (QED) is 0.676. The molecule has 1 aliphatic heterocycles. The van der Waals surface area contributed by atoms with E-state index in [1.165, 1.54) is 19.0 Å². The second-order valence-electron chi connectivity index (χ2n) is 8.67. The highest BCUT2D eigenvalue weighted by Gasteiger charge is 2.45. The van der Waals surface area contributed by atoms with E-state index in [1.54, 1.807) is 23.7 Å². The fourth-order valence-electron chi connectivity index (χ4n) is 4.27. The van der Waals surface area contributed by atoms with Crippen LogP contribution < -0.4 is 5.32 Å². The zero-order valence-corrected chi connectivity index (χ0v) is 18.1. The molecule has 31 heavy (non-hydrogen) atoms. The molecule has 3 aromatic rings. The summed E-state index contributed by atoms with van der Waals surface area (Å²) in [5.41, 5.74) is 1.69.